The minimum absolute atomic E-state index is 0.0408. The molecule has 0 bridgehead atoms. The van der Waals surface area contributed by atoms with Gasteiger partial charge in [-0.1, -0.05) is 48.5 Å². The zero-order chi connectivity index (χ0) is 31.6. The number of nitrogens with zero attached hydrogens (tertiary/aromatic N) is 5. The van der Waals surface area contributed by atoms with Crippen molar-refractivity contribution in [3.05, 3.63) is 144 Å². The van der Waals surface area contributed by atoms with Crippen molar-refractivity contribution in [1.82, 2.24) is 18.9 Å². The topological polar surface area (TPSA) is 114 Å². The van der Waals surface area contributed by atoms with Crippen LogP contribution in [0.4, 0.5) is 23.2 Å². The highest BCUT2D eigenvalue weighted by molar-refractivity contribution is 5.68. The van der Waals surface area contributed by atoms with E-state index >= 15 is 0 Å². The number of aromatic nitrogens is 4. The molecule has 0 saturated carbocycles. The number of alkyl halides is 3. The van der Waals surface area contributed by atoms with E-state index < -0.39 is 51.7 Å². The molecule has 0 N–H and O–H groups in total. The molecule has 0 saturated heterocycles. The van der Waals surface area contributed by atoms with Crippen LogP contribution in [0.1, 0.15) is 22.3 Å². The fraction of sp³-hybridized carbons (Fsp3) is 0.167. The molecule has 0 spiro atoms. The normalized spacial score (nSPS) is 11.5. The van der Waals surface area contributed by atoms with Crippen molar-refractivity contribution >= 4 is 5.69 Å². The van der Waals surface area contributed by atoms with Crippen LogP contribution in [0.25, 0.3) is 11.3 Å². The Balaban J connectivity index is 1.69. The minimum Gasteiger partial charge on any atom is -0.497 e. The van der Waals surface area contributed by atoms with E-state index in [-0.39, 0.29) is 29.8 Å². The van der Waals surface area contributed by atoms with Crippen molar-refractivity contribution in [3.63, 3.8) is 0 Å². The SMILES string of the molecule is COc1ccc(Cn2c(-c3cnn(Cc4ccccc4C(F)(F)F)c3)c([N+](=O)[O-])c(=O)n(Cc3ccccc3F)c2=O)cc1. The molecule has 3 aromatic carbocycles. The first kappa shape index (κ1) is 29.9. The highest BCUT2D eigenvalue weighted by Crippen LogP contribution is 2.33. The third kappa shape index (κ3) is 6.00. The van der Waals surface area contributed by atoms with Crippen molar-refractivity contribution in [2.45, 2.75) is 25.8 Å². The molecule has 5 rings (SSSR count). The molecule has 10 nitrogen and oxygen atoms in total. The molecule has 0 aliphatic heterocycles. The summed E-state index contributed by atoms with van der Waals surface area (Å²) in [6.07, 6.45) is -2.28. The lowest BCUT2D eigenvalue weighted by molar-refractivity contribution is -0.386. The van der Waals surface area contributed by atoms with E-state index in [0.717, 1.165) is 27.6 Å². The summed E-state index contributed by atoms with van der Waals surface area (Å²) in [5, 5.41) is 16.5. The van der Waals surface area contributed by atoms with Gasteiger partial charge in [0.1, 0.15) is 17.3 Å². The molecule has 0 aliphatic rings. The second-order valence-corrected chi connectivity index (χ2v) is 9.74. The Bertz CT molecular complexity index is 1960. The predicted molar refractivity (Wildman–Crippen MR) is 151 cm³/mol. The van der Waals surface area contributed by atoms with E-state index in [1.807, 2.05) is 0 Å². The van der Waals surface area contributed by atoms with Crippen LogP contribution in [-0.2, 0) is 25.8 Å². The molecule has 226 valence electrons. The molecule has 2 aromatic heterocycles. The lowest BCUT2D eigenvalue weighted by atomic mass is 10.1. The van der Waals surface area contributed by atoms with Gasteiger partial charge in [0.05, 0.1) is 43.4 Å². The van der Waals surface area contributed by atoms with Crippen LogP contribution in [0.2, 0.25) is 0 Å². The van der Waals surface area contributed by atoms with Crippen LogP contribution in [-0.4, -0.2) is 30.9 Å². The summed E-state index contributed by atoms with van der Waals surface area (Å²) >= 11 is 0. The maximum absolute atomic E-state index is 14.5. The summed E-state index contributed by atoms with van der Waals surface area (Å²) in [5.74, 6) is -0.204. The maximum atomic E-state index is 14.5. The summed E-state index contributed by atoms with van der Waals surface area (Å²) < 4.78 is 63.0. The van der Waals surface area contributed by atoms with Gasteiger partial charge < -0.3 is 4.74 Å². The quantitative estimate of drug-likeness (QED) is 0.131. The Morgan fingerprint density at radius 2 is 1.55 bits per heavy atom. The molecule has 0 aliphatic carbocycles. The Morgan fingerprint density at radius 1 is 0.886 bits per heavy atom. The standard InChI is InChI=1S/C30H23F4N5O5/c1-44-23-12-10-19(11-13-23)15-37-26(22-14-35-36(17-22)16-20-6-2-4-8-24(20)30(32,33)34)27(39(42)43)28(40)38(29(37)41)18-21-7-3-5-9-25(21)31/h2-14,17H,15-16,18H2,1H3. The van der Waals surface area contributed by atoms with Crippen LogP contribution < -0.4 is 16.0 Å². The van der Waals surface area contributed by atoms with Crippen molar-refractivity contribution in [3.8, 4) is 17.0 Å². The number of hydrogen-bond donors (Lipinski definition) is 0. The van der Waals surface area contributed by atoms with Crippen molar-refractivity contribution in [2.24, 2.45) is 0 Å². The second-order valence-electron chi connectivity index (χ2n) is 9.74. The Morgan fingerprint density at radius 3 is 2.18 bits per heavy atom. The molecule has 0 amide bonds. The molecule has 0 fully saturated rings. The fourth-order valence-electron chi connectivity index (χ4n) is 4.82. The molecule has 44 heavy (non-hydrogen) atoms. The molecular formula is C30H23F4N5O5. The summed E-state index contributed by atoms with van der Waals surface area (Å²) in [5.41, 5.74) is -4.21. The number of hydrogen-bond acceptors (Lipinski definition) is 6. The van der Waals surface area contributed by atoms with Gasteiger partial charge in [-0.15, -0.1) is 0 Å². The minimum atomic E-state index is -4.63. The Labute approximate surface area is 246 Å². The predicted octanol–water partition coefficient (Wildman–Crippen LogP) is 5.09. The first-order valence-electron chi connectivity index (χ1n) is 13.0. The van der Waals surface area contributed by atoms with Crippen molar-refractivity contribution in [2.75, 3.05) is 7.11 Å². The van der Waals surface area contributed by atoms with E-state index in [0.29, 0.717) is 15.9 Å². The second kappa shape index (κ2) is 12.0. The third-order valence-corrected chi connectivity index (χ3v) is 6.93. The number of halogens is 4. The molecule has 5 aromatic rings. The lowest BCUT2D eigenvalue weighted by Crippen LogP contribution is -2.42. The van der Waals surface area contributed by atoms with E-state index in [1.165, 1.54) is 49.7 Å². The first-order valence-corrected chi connectivity index (χ1v) is 13.0. The number of nitro groups is 1. The monoisotopic (exact) mass is 609 g/mol. The number of rotatable bonds is 9. The number of methoxy groups -OCH3 is 1. The lowest BCUT2D eigenvalue weighted by Gasteiger charge is -2.16. The molecule has 2 heterocycles. The largest absolute Gasteiger partial charge is 0.497 e. The highest BCUT2D eigenvalue weighted by atomic mass is 19.4. The molecule has 0 radical (unpaired) electrons. The van der Waals surface area contributed by atoms with E-state index in [1.54, 1.807) is 24.3 Å². The van der Waals surface area contributed by atoms with Gasteiger partial charge >= 0.3 is 23.1 Å². The van der Waals surface area contributed by atoms with Crippen LogP contribution in [0.15, 0.2) is 94.8 Å². The van der Waals surface area contributed by atoms with Crippen molar-refractivity contribution < 1.29 is 27.2 Å². The summed E-state index contributed by atoms with van der Waals surface area (Å²) in [6.45, 7) is -1.18. The maximum Gasteiger partial charge on any atom is 0.416 e. The van der Waals surface area contributed by atoms with Gasteiger partial charge in [-0.25, -0.2) is 13.8 Å². The smallest absolute Gasteiger partial charge is 0.416 e. The van der Waals surface area contributed by atoms with Crippen LogP contribution in [0.3, 0.4) is 0 Å². The first-order chi connectivity index (χ1) is 21.0. The zero-order valence-corrected chi connectivity index (χ0v) is 23.0. The summed E-state index contributed by atoms with van der Waals surface area (Å²) in [7, 11) is 1.46. The number of ether oxygens (including phenoxy) is 1. The van der Waals surface area contributed by atoms with Gasteiger partial charge in [-0.05, 0) is 35.4 Å². The average Bonchev–Trinajstić information content (AvgIpc) is 3.45. The van der Waals surface area contributed by atoms with Crippen LogP contribution in [0, 0.1) is 15.9 Å². The third-order valence-electron chi connectivity index (χ3n) is 6.93. The van der Waals surface area contributed by atoms with Crippen molar-refractivity contribution in [1.29, 1.82) is 0 Å². The highest BCUT2D eigenvalue weighted by Gasteiger charge is 2.33. The van der Waals surface area contributed by atoms with Gasteiger partial charge in [0, 0.05) is 17.3 Å². The van der Waals surface area contributed by atoms with Gasteiger partial charge in [0.25, 0.3) is 0 Å². The summed E-state index contributed by atoms with van der Waals surface area (Å²) in [4.78, 5) is 38.8. The fourth-order valence-corrected chi connectivity index (χ4v) is 4.82. The van der Waals surface area contributed by atoms with Gasteiger partial charge in [-0.3, -0.25) is 24.2 Å². The molecular weight excluding hydrogens is 586 g/mol. The van der Waals surface area contributed by atoms with Gasteiger partial charge in [-0.2, -0.15) is 18.3 Å². The zero-order valence-electron chi connectivity index (χ0n) is 23.0. The van der Waals surface area contributed by atoms with E-state index in [4.69, 9.17) is 4.74 Å². The molecule has 0 atom stereocenters. The van der Waals surface area contributed by atoms with E-state index in [9.17, 15) is 37.3 Å². The molecule has 14 heteroatoms. The average molecular weight is 610 g/mol. The van der Waals surface area contributed by atoms with E-state index in [2.05, 4.69) is 5.10 Å². The Kier molecular flexibility index (Phi) is 8.16. The van der Waals surface area contributed by atoms with Gasteiger partial charge in [0.15, 0.2) is 0 Å². The Hall–Kier alpha value is -5.53. The summed E-state index contributed by atoms with van der Waals surface area (Å²) in [6, 6.07) is 16.7. The van der Waals surface area contributed by atoms with Crippen LogP contribution >= 0.6 is 0 Å². The molecule has 0 unspecified atom stereocenters. The van der Waals surface area contributed by atoms with Gasteiger partial charge in [0.2, 0.25) is 0 Å². The van der Waals surface area contributed by atoms with Crippen LogP contribution in [0.5, 0.6) is 5.75 Å². The number of benzene rings is 3.